The van der Waals surface area contributed by atoms with E-state index in [1.165, 1.54) is 0 Å². The molecule has 2 aliphatic heterocycles. The normalized spacial score (nSPS) is 47.8. The molecule has 6 heteroatoms. The van der Waals surface area contributed by atoms with Crippen LogP contribution in [0.1, 0.15) is 6.92 Å². The first-order valence-electron chi connectivity index (χ1n) is 4.48. The van der Waals surface area contributed by atoms with Crippen molar-refractivity contribution < 1.29 is 18.9 Å². The molecule has 82 valence electrons. The predicted octanol–water partition coefficient (Wildman–Crippen LogP) is 1.29. The topological polar surface area (TPSA) is 36.9 Å². The minimum Gasteiger partial charge on any atom is -0.301 e. The third kappa shape index (κ3) is 1.87. The van der Waals surface area contributed by atoms with E-state index in [-0.39, 0.29) is 18.3 Å². The molecular weight excluding hydrogens is 231 g/mol. The quantitative estimate of drug-likeness (QED) is 0.685. The summed E-state index contributed by atoms with van der Waals surface area (Å²) in [5, 5.41) is 0. The summed E-state index contributed by atoms with van der Waals surface area (Å²) in [5.41, 5.74) is 0. The molecule has 2 rings (SSSR count). The van der Waals surface area contributed by atoms with E-state index in [1.54, 1.807) is 0 Å². The van der Waals surface area contributed by atoms with Gasteiger partial charge in [0.2, 0.25) is 0 Å². The zero-order valence-corrected chi connectivity index (χ0v) is 9.25. The van der Waals surface area contributed by atoms with Gasteiger partial charge in [-0.15, -0.1) is 23.2 Å². The molecule has 2 fully saturated rings. The molecule has 2 heterocycles. The van der Waals surface area contributed by atoms with E-state index >= 15 is 0 Å². The maximum absolute atomic E-state index is 5.70. The van der Waals surface area contributed by atoms with Gasteiger partial charge in [0.25, 0.3) is 0 Å². The first kappa shape index (κ1) is 10.9. The summed E-state index contributed by atoms with van der Waals surface area (Å²) in [6.07, 6.45) is -1.96. The lowest BCUT2D eigenvalue weighted by molar-refractivity contribution is -0.433. The third-order valence-electron chi connectivity index (χ3n) is 2.15. The number of hydrogen-bond donors (Lipinski definition) is 0. The Kier molecular flexibility index (Phi) is 3.21. The summed E-state index contributed by atoms with van der Waals surface area (Å²) in [6.45, 7) is 2.33. The molecule has 3 atom stereocenters. The van der Waals surface area contributed by atoms with Gasteiger partial charge in [-0.25, -0.2) is 0 Å². The van der Waals surface area contributed by atoms with Gasteiger partial charge in [0.1, 0.15) is 12.2 Å². The van der Waals surface area contributed by atoms with Crippen LogP contribution in [0.2, 0.25) is 0 Å². The fraction of sp³-hybridized carbons (Fsp3) is 1.00. The molecule has 0 aliphatic carbocycles. The molecule has 0 aromatic rings. The molecule has 2 saturated heterocycles. The van der Waals surface area contributed by atoms with Gasteiger partial charge in [-0.3, -0.25) is 14.2 Å². The van der Waals surface area contributed by atoms with Crippen molar-refractivity contribution in [3.8, 4) is 0 Å². The van der Waals surface area contributed by atoms with Crippen molar-refractivity contribution in [2.75, 3.05) is 18.4 Å². The average Bonchev–Trinajstić information content (AvgIpc) is 2.71. The van der Waals surface area contributed by atoms with Crippen LogP contribution in [0.4, 0.5) is 0 Å². The largest absolute Gasteiger partial charge is 0.413 e. The van der Waals surface area contributed by atoms with Crippen LogP contribution in [0, 0.1) is 0 Å². The Labute approximate surface area is 92.3 Å². The lowest BCUT2D eigenvalue weighted by Crippen LogP contribution is -2.32. The summed E-state index contributed by atoms with van der Waals surface area (Å²) < 4.78 is 21.6. The molecule has 2 aliphatic rings. The second-order valence-electron chi connectivity index (χ2n) is 3.36. The highest BCUT2D eigenvalue weighted by atomic mass is 35.5. The number of alkyl halides is 2. The van der Waals surface area contributed by atoms with E-state index in [1.807, 2.05) is 6.92 Å². The Bertz CT molecular complexity index is 202. The fourth-order valence-corrected chi connectivity index (χ4v) is 1.99. The van der Waals surface area contributed by atoms with Crippen LogP contribution in [0.5, 0.6) is 0 Å². The molecule has 1 spiro atoms. The maximum atomic E-state index is 5.70. The van der Waals surface area contributed by atoms with Gasteiger partial charge in [0.05, 0.1) is 24.5 Å². The summed E-state index contributed by atoms with van der Waals surface area (Å²) in [5.74, 6) is 0.612. The summed E-state index contributed by atoms with van der Waals surface area (Å²) >= 11 is 11.4. The zero-order chi connectivity index (χ0) is 10.2. The fourth-order valence-electron chi connectivity index (χ4n) is 1.47. The molecule has 4 nitrogen and oxygen atoms in total. The highest BCUT2D eigenvalue weighted by Crippen LogP contribution is 2.36. The van der Waals surface area contributed by atoms with E-state index in [0.717, 1.165) is 0 Å². The number of ether oxygens (including phenoxy) is 4. The molecule has 0 aromatic carbocycles. The molecule has 0 amide bonds. The van der Waals surface area contributed by atoms with E-state index < -0.39 is 6.16 Å². The van der Waals surface area contributed by atoms with Crippen molar-refractivity contribution in [1.29, 1.82) is 0 Å². The smallest absolute Gasteiger partial charge is 0.301 e. The van der Waals surface area contributed by atoms with Crippen LogP contribution in [0.15, 0.2) is 0 Å². The number of hydrogen-bond acceptors (Lipinski definition) is 4. The first-order chi connectivity index (χ1) is 6.69. The number of halogens is 2. The lowest BCUT2D eigenvalue weighted by Gasteiger charge is -2.19. The Hall–Kier alpha value is 0.420. The van der Waals surface area contributed by atoms with Crippen molar-refractivity contribution in [3.63, 3.8) is 0 Å². The second kappa shape index (κ2) is 4.12. The standard InChI is InChI=1S/C8H12Cl2O4/c1-5-4-11-8(12-5)13-6(2-9)7(3-10)14-8/h5-7H,2-4H2,1H3. The van der Waals surface area contributed by atoms with Gasteiger partial charge in [-0.2, -0.15) is 0 Å². The molecule has 0 bridgehead atoms. The molecular formula is C8H12Cl2O4. The van der Waals surface area contributed by atoms with E-state index in [0.29, 0.717) is 18.4 Å². The highest BCUT2D eigenvalue weighted by Gasteiger charge is 2.54. The van der Waals surface area contributed by atoms with E-state index in [4.69, 9.17) is 42.1 Å². The van der Waals surface area contributed by atoms with Gasteiger partial charge in [-0.1, -0.05) is 0 Å². The van der Waals surface area contributed by atoms with Crippen LogP contribution in [0.3, 0.4) is 0 Å². The average molecular weight is 243 g/mol. The summed E-state index contributed by atoms with van der Waals surface area (Å²) in [7, 11) is 0. The second-order valence-corrected chi connectivity index (χ2v) is 3.98. The molecule has 0 N–H and O–H groups in total. The van der Waals surface area contributed by atoms with Crippen molar-refractivity contribution in [2.45, 2.75) is 31.4 Å². The lowest BCUT2D eigenvalue weighted by atomic mass is 10.3. The molecule has 3 unspecified atom stereocenters. The summed E-state index contributed by atoms with van der Waals surface area (Å²) in [6, 6.07) is 0. The van der Waals surface area contributed by atoms with Crippen molar-refractivity contribution in [3.05, 3.63) is 0 Å². The van der Waals surface area contributed by atoms with Gasteiger partial charge in [0.15, 0.2) is 0 Å². The Balaban J connectivity index is 2.03. The van der Waals surface area contributed by atoms with Crippen LogP contribution in [0.25, 0.3) is 0 Å². The Morgan fingerprint density at radius 3 is 2.07 bits per heavy atom. The maximum Gasteiger partial charge on any atom is 0.413 e. The van der Waals surface area contributed by atoms with Gasteiger partial charge >= 0.3 is 6.16 Å². The highest BCUT2D eigenvalue weighted by molar-refractivity contribution is 6.19. The molecule has 0 radical (unpaired) electrons. The zero-order valence-electron chi connectivity index (χ0n) is 7.74. The molecule has 0 saturated carbocycles. The van der Waals surface area contributed by atoms with E-state index in [9.17, 15) is 0 Å². The predicted molar refractivity (Wildman–Crippen MR) is 50.4 cm³/mol. The van der Waals surface area contributed by atoms with Crippen LogP contribution < -0.4 is 0 Å². The van der Waals surface area contributed by atoms with Crippen molar-refractivity contribution >= 4 is 23.2 Å². The first-order valence-corrected chi connectivity index (χ1v) is 5.55. The Morgan fingerprint density at radius 1 is 1.14 bits per heavy atom. The summed E-state index contributed by atoms with van der Waals surface area (Å²) in [4.78, 5) is 0. The third-order valence-corrected chi connectivity index (χ3v) is 2.76. The van der Waals surface area contributed by atoms with Crippen molar-refractivity contribution in [2.24, 2.45) is 0 Å². The van der Waals surface area contributed by atoms with Crippen LogP contribution >= 0.6 is 23.2 Å². The van der Waals surface area contributed by atoms with E-state index in [2.05, 4.69) is 0 Å². The Morgan fingerprint density at radius 2 is 1.71 bits per heavy atom. The molecule has 0 aromatic heterocycles. The van der Waals surface area contributed by atoms with Gasteiger partial charge in [0, 0.05) is 0 Å². The SMILES string of the molecule is CC1COC2(O1)OC(CCl)C(CCl)O2. The van der Waals surface area contributed by atoms with Crippen LogP contribution in [-0.2, 0) is 18.9 Å². The minimum absolute atomic E-state index is 0.0416. The van der Waals surface area contributed by atoms with Gasteiger partial charge in [-0.05, 0) is 6.92 Å². The minimum atomic E-state index is -1.36. The monoisotopic (exact) mass is 242 g/mol. The molecule has 14 heavy (non-hydrogen) atoms. The van der Waals surface area contributed by atoms with Gasteiger partial charge < -0.3 is 4.74 Å². The number of rotatable bonds is 2. The van der Waals surface area contributed by atoms with Crippen molar-refractivity contribution in [1.82, 2.24) is 0 Å². The van der Waals surface area contributed by atoms with Crippen LogP contribution in [-0.4, -0.2) is 42.8 Å².